The Morgan fingerprint density at radius 2 is 1.78 bits per heavy atom. The molecule has 2 fully saturated rings. The predicted molar refractivity (Wildman–Crippen MR) is 80.1 cm³/mol. The Bertz CT molecular complexity index is 192. The zero-order valence-corrected chi connectivity index (χ0v) is 12.9. The first-order valence-electron chi connectivity index (χ1n) is 7.93. The number of nitrogens with zero attached hydrogens (tertiary/aromatic N) is 2. The maximum Gasteiger partial charge on any atom is 0.0113 e. The third-order valence-electron chi connectivity index (χ3n) is 4.05. The Kier molecular flexibility index (Phi) is 7.87. The SMILES string of the molecule is CC.CC(C)N1CCN(C[C@@H]2CCCNC2)CC1. The summed E-state index contributed by atoms with van der Waals surface area (Å²) in [6.45, 7) is 17.5. The van der Waals surface area contributed by atoms with Crippen LogP contribution >= 0.6 is 0 Å². The highest BCUT2D eigenvalue weighted by molar-refractivity contribution is 4.78. The number of piperidine rings is 1. The van der Waals surface area contributed by atoms with Gasteiger partial charge in [0.15, 0.2) is 0 Å². The summed E-state index contributed by atoms with van der Waals surface area (Å²) in [5.41, 5.74) is 0. The second kappa shape index (κ2) is 8.89. The summed E-state index contributed by atoms with van der Waals surface area (Å²) in [6, 6.07) is 0.721. The van der Waals surface area contributed by atoms with E-state index in [9.17, 15) is 0 Å². The summed E-state index contributed by atoms with van der Waals surface area (Å²) in [7, 11) is 0. The predicted octanol–water partition coefficient (Wildman–Crippen LogP) is 2.04. The van der Waals surface area contributed by atoms with E-state index in [0.717, 1.165) is 12.0 Å². The molecule has 0 unspecified atom stereocenters. The van der Waals surface area contributed by atoms with E-state index in [0.29, 0.717) is 0 Å². The van der Waals surface area contributed by atoms with E-state index in [1.165, 1.54) is 58.7 Å². The average Bonchev–Trinajstić information content (AvgIpc) is 2.43. The second-order valence-electron chi connectivity index (χ2n) is 5.64. The second-order valence-corrected chi connectivity index (χ2v) is 5.64. The van der Waals surface area contributed by atoms with Crippen molar-refractivity contribution in [2.45, 2.75) is 46.6 Å². The first-order valence-corrected chi connectivity index (χ1v) is 7.93. The van der Waals surface area contributed by atoms with Crippen molar-refractivity contribution in [2.24, 2.45) is 5.92 Å². The maximum absolute atomic E-state index is 3.51. The quantitative estimate of drug-likeness (QED) is 0.832. The van der Waals surface area contributed by atoms with Crippen LogP contribution in [0.1, 0.15) is 40.5 Å². The van der Waals surface area contributed by atoms with Crippen LogP contribution < -0.4 is 5.32 Å². The number of hydrogen-bond acceptors (Lipinski definition) is 3. The van der Waals surface area contributed by atoms with Crippen LogP contribution in [-0.4, -0.2) is 61.7 Å². The van der Waals surface area contributed by atoms with Crippen molar-refractivity contribution in [1.82, 2.24) is 15.1 Å². The largest absolute Gasteiger partial charge is 0.316 e. The van der Waals surface area contributed by atoms with Crippen molar-refractivity contribution in [2.75, 3.05) is 45.8 Å². The molecule has 2 rings (SSSR count). The van der Waals surface area contributed by atoms with Gasteiger partial charge in [-0.15, -0.1) is 0 Å². The smallest absolute Gasteiger partial charge is 0.0113 e. The minimum Gasteiger partial charge on any atom is -0.316 e. The molecule has 0 bridgehead atoms. The molecular formula is C15H33N3. The van der Waals surface area contributed by atoms with Crippen molar-refractivity contribution in [3.63, 3.8) is 0 Å². The van der Waals surface area contributed by atoms with Crippen molar-refractivity contribution in [1.29, 1.82) is 0 Å². The molecule has 3 nitrogen and oxygen atoms in total. The number of rotatable bonds is 3. The van der Waals surface area contributed by atoms with Crippen LogP contribution in [0.5, 0.6) is 0 Å². The molecule has 2 heterocycles. The van der Waals surface area contributed by atoms with Crippen LogP contribution in [0.2, 0.25) is 0 Å². The Hall–Kier alpha value is -0.120. The summed E-state index contributed by atoms with van der Waals surface area (Å²) < 4.78 is 0. The Morgan fingerprint density at radius 1 is 1.11 bits per heavy atom. The van der Waals surface area contributed by atoms with Gasteiger partial charge in [-0.3, -0.25) is 4.90 Å². The molecule has 0 saturated carbocycles. The highest BCUT2D eigenvalue weighted by Gasteiger charge is 2.22. The Balaban J connectivity index is 0.000000771. The summed E-state index contributed by atoms with van der Waals surface area (Å²) >= 11 is 0. The molecule has 0 aromatic carbocycles. The lowest BCUT2D eigenvalue weighted by atomic mass is 9.99. The van der Waals surface area contributed by atoms with Gasteiger partial charge in [-0.2, -0.15) is 0 Å². The van der Waals surface area contributed by atoms with Gasteiger partial charge in [0.1, 0.15) is 0 Å². The highest BCUT2D eigenvalue weighted by Crippen LogP contribution is 2.13. The minimum atomic E-state index is 0.721. The zero-order valence-electron chi connectivity index (χ0n) is 12.9. The van der Waals surface area contributed by atoms with Crippen molar-refractivity contribution in [3.05, 3.63) is 0 Å². The van der Waals surface area contributed by atoms with Crippen LogP contribution in [0, 0.1) is 5.92 Å². The molecule has 3 heteroatoms. The molecule has 0 aromatic heterocycles. The molecule has 2 saturated heterocycles. The van der Waals surface area contributed by atoms with Crippen molar-refractivity contribution in [3.8, 4) is 0 Å². The van der Waals surface area contributed by atoms with Gasteiger partial charge in [0, 0.05) is 38.8 Å². The third-order valence-corrected chi connectivity index (χ3v) is 4.05. The lowest BCUT2D eigenvalue weighted by Gasteiger charge is -2.39. The van der Waals surface area contributed by atoms with E-state index in [-0.39, 0.29) is 0 Å². The van der Waals surface area contributed by atoms with Crippen molar-refractivity contribution >= 4 is 0 Å². The van der Waals surface area contributed by atoms with E-state index in [1.54, 1.807) is 0 Å². The summed E-state index contributed by atoms with van der Waals surface area (Å²) in [6.07, 6.45) is 2.80. The van der Waals surface area contributed by atoms with E-state index in [2.05, 4.69) is 29.0 Å². The number of nitrogens with one attached hydrogen (secondary N) is 1. The molecule has 0 amide bonds. The van der Waals surface area contributed by atoms with Gasteiger partial charge < -0.3 is 10.2 Å². The van der Waals surface area contributed by atoms with Gasteiger partial charge in [0.05, 0.1) is 0 Å². The van der Waals surface area contributed by atoms with Gasteiger partial charge in [-0.05, 0) is 45.7 Å². The van der Waals surface area contributed by atoms with Crippen LogP contribution in [0.25, 0.3) is 0 Å². The van der Waals surface area contributed by atoms with Crippen LogP contribution in [0.3, 0.4) is 0 Å². The van der Waals surface area contributed by atoms with E-state index in [4.69, 9.17) is 0 Å². The van der Waals surface area contributed by atoms with Crippen LogP contribution in [-0.2, 0) is 0 Å². The van der Waals surface area contributed by atoms with Crippen LogP contribution in [0.15, 0.2) is 0 Å². The monoisotopic (exact) mass is 255 g/mol. The standard InChI is InChI=1S/C13H27N3.C2H6/c1-12(2)16-8-6-15(7-9-16)11-13-4-3-5-14-10-13;1-2/h12-14H,3-11H2,1-2H3;1-2H3/t13-;/m1./s1. The first kappa shape index (κ1) is 15.9. The molecule has 0 aliphatic carbocycles. The molecule has 1 atom stereocenters. The Labute approximate surface area is 114 Å². The van der Waals surface area contributed by atoms with E-state index >= 15 is 0 Å². The fourth-order valence-electron chi connectivity index (χ4n) is 2.91. The fraction of sp³-hybridized carbons (Fsp3) is 1.00. The molecule has 0 spiro atoms. The molecule has 1 N–H and O–H groups in total. The normalized spacial score (nSPS) is 26.8. The van der Waals surface area contributed by atoms with Gasteiger partial charge >= 0.3 is 0 Å². The topological polar surface area (TPSA) is 18.5 Å². The zero-order chi connectivity index (χ0) is 13.4. The lowest BCUT2D eigenvalue weighted by Crippen LogP contribution is -2.50. The number of piperazine rings is 1. The van der Waals surface area contributed by atoms with E-state index in [1.807, 2.05) is 13.8 Å². The molecule has 108 valence electrons. The summed E-state index contributed by atoms with van der Waals surface area (Å²) in [5.74, 6) is 0.902. The van der Waals surface area contributed by atoms with Crippen LogP contribution in [0.4, 0.5) is 0 Å². The van der Waals surface area contributed by atoms with Gasteiger partial charge in [0.25, 0.3) is 0 Å². The summed E-state index contributed by atoms with van der Waals surface area (Å²) in [5, 5.41) is 3.51. The fourth-order valence-corrected chi connectivity index (χ4v) is 2.91. The maximum atomic E-state index is 3.51. The minimum absolute atomic E-state index is 0.721. The highest BCUT2D eigenvalue weighted by atomic mass is 15.3. The summed E-state index contributed by atoms with van der Waals surface area (Å²) in [4.78, 5) is 5.26. The van der Waals surface area contributed by atoms with Gasteiger partial charge in [0.2, 0.25) is 0 Å². The van der Waals surface area contributed by atoms with Gasteiger partial charge in [-0.1, -0.05) is 13.8 Å². The Morgan fingerprint density at radius 3 is 2.28 bits per heavy atom. The lowest BCUT2D eigenvalue weighted by molar-refractivity contribution is 0.0929. The molecule has 2 aliphatic heterocycles. The molecule has 2 aliphatic rings. The molecule has 0 radical (unpaired) electrons. The number of hydrogen-bond donors (Lipinski definition) is 1. The molecule has 18 heavy (non-hydrogen) atoms. The van der Waals surface area contributed by atoms with Gasteiger partial charge in [-0.25, -0.2) is 0 Å². The molecule has 0 aromatic rings. The van der Waals surface area contributed by atoms with E-state index < -0.39 is 0 Å². The first-order chi connectivity index (χ1) is 8.75. The van der Waals surface area contributed by atoms with Crippen molar-refractivity contribution < 1.29 is 0 Å². The molecular weight excluding hydrogens is 222 g/mol. The third kappa shape index (κ3) is 5.25. The average molecular weight is 255 g/mol.